The number of allylic oxidation sites excluding steroid dienone is 1. The lowest BCUT2D eigenvalue weighted by molar-refractivity contribution is 0.194. The van der Waals surface area contributed by atoms with Gasteiger partial charge >= 0.3 is 0 Å². The highest BCUT2D eigenvalue weighted by Crippen LogP contribution is 2.40. The molecule has 216 valence electrons. The van der Waals surface area contributed by atoms with Crippen LogP contribution in [0.3, 0.4) is 0 Å². The zero-order valence-corrected chi connectivity index (χ0v) is 24.3. The minimum absolute atomic E-state index is 0.113. The lowest BCUT2D eigenvalue weighted by Crippen LogP contribution is -2.34. The van der Waals surface area contributed by atoms with Gasteiger partial charge in [-0.15, -0.1) is 0 Å². The van der Waals surface area contributed by atoms with Gasteiger partial charge in [-0.25, -0.2) is 8.78 Å². The van der Waals surface area contributed by atoms with Crippen molar-refractivity contribution in [3.63, 3.8) is 0 Å². The highest BCUT2D eigenvalue weighted by Gasteiger charge is 2.27. The second-order valence-electron chi connectivity index (χ2n) is 11.5. The molecule has 3 aromatic rings. The molecular formula is C35H42F2N4. The molecule has 2 atom stereocenters. The van der Waals surface area contributed by atoms with Gasteiger partial charge in [0.2, 0.25) is 0 Å². The second-order valence-corrected chi connectivity index (χ2v) is 11.5. The summed E-state index contributed by atoms with van der Waals surface area (Å²) in [5, 5.41) is 3.54. The summed E-state index contributed by atoms with van der Waals surface area (Å²) in [6, 6.07) is 21.5. The predicted molar refractivity (Wildman–Crippen MR) is 166 cm³/mol. The van der Waals surface area contributed by atoms with E-state index in [1.54, 1.807) is 6.07 Å². The summed E-state index contributed by atoms with van der Waals surface area (Å²) in [6.07, 6.45) is 10.9. The third kappa shape index (κ3) is 7.05. The van der Waals surface area contributed by atoms with Crippen LogP contribution in [0.2, 0.25) is 0 Å². The molecule has 0 bridgehead atoms. The van der Waals surface area contributed by atoms with Gasteiger partial charge in [-0.2, -0.15) is 0 Å². The highest BCUT2D eigenvalue weighted by molar-refractivity contribution is 5.92. The van der Waals surface area contributed by atoms with E-state index in [0.29, 0.717) is 12.1 Å². The molecule has 0 radical (unpaired) electrons. The van der Waals surface area contributed by atoms with Crippen molar-refractivity contribution in [1.29, 1.82) is 0 Å². The van der Waals surface area contributed by atoms with E-state index in [2.05, 4.69) is 48.5 Å². The summed E-state index contributed by atoms with van der Waals surface area (Å²) in [5.74, 6) is -1.81. The third-order valence-corrected chi connectivity index (χ3v) is 8.78. The molecule has 2 aliphatic carbocycles. The molecule has 1 fully saturated rings. The molecule has 3 aromatic carbocycles. The molecule has 3 N–H and O–H groups in total. The van der Waals surface area contributed by atoms with Crippen molar-refractivity contribution in [2.24, 2.45) is 10.7 Å². The van der Waals surface area contributed by atoms with Gasteiger partial charge in [0.25, 0.3) is 0 Å². The molecule has 4 nitrogen and oxygen atoms in total. The number of halogens is 2. The smallest absolute Gasteiger partial charge is 0.159 e. The Morgan fingerprint density at radius 3 is 2.49 bits per heavy atom. The fourth-order valence-electron chi connectivity index (χ4n) is 6.20. The number of hydrogen-bond donors (Lipinski definition) is 2. The van der Waals surface area contributed by atoms with Crippen molar-refractivity contribution >= 4 is 17.6 Å². The molecular weight excluding hydrogens is 514 g/mol. The molecule has 0 heterocycles. The average molecular weight is 557 g/mol. The van der Waals surface area contributed by atoms with Crippen LogP contribution in [0.15, 0.2) is 77.3 Å². The summed E-state index contributed by atoms with van der Waals surface area (Å²) in [5.41, 5.74) is 13.2. The number of likely N-dealkylation sites (N-methyl/N-ethyl adjacent to an activating group) is 1. The van der Waals surface area contributed by atoms with Gasteiger partial charge in [0.05, 0.1) is 0 Å². The van der Waals surface area contributed by atoms with Crippen LogP contribution in [-0.4, -0.2) is 36.9 Å². The minimum atomic E-state index is -0.841. The number of aliphatic imine (C=N–C) groups is 1. The normalized spacial score (nSPS) is 18.6. The lowest BCUT2D eigenvalue weighted by Gasteiger charge is -2.31. The van der Waals surface area contributed by atoms with Crippen LogP contribution in [0.4, 0.5) is 14.5 Å². The van der Waals surface area contributed by atoms with Gasteiger partial charge < -0.3 is 16.0 Å². The summed E-state index contributed by atoms with van der Waals surface area (Å²) >= 11 is 0. The van der Waals surface area contributed by atoms with E-state index in [4.69, 9.17) is 10.7 Å². The number of fused-ring (bicyclic) bond motifs is 1. The number of anilines is 1. The van der Waals surface area contributed by atoms with E-state index in [-0.39, 0.29) is 12.1 Å². The summed E-state index contributed by atoms with van der Waals surface area (Å²) in [7, 11) is 2.27. The van der Waals surface area contributed by atoms with Crippen molar-refractivity contribution < 1.29 is 8.78 Å². The quantitative estimate of drug-likeness (QED) is 0.250. The van der Waals surface area contributed by atoms with Crippen molar-refractivity contribution in [1.82, 2.24) is 4.90 Å². The van der Waals surface area contributed by atoms with Crippen LogP contribution < -0.4 is 11.1 Å². The molecule has 0 aliphatic heterocycles. The largest absolute Gasteiger partial charge is 0.398 e. The highest BCUT2D eigenvalue weighted by atomic mass is 19.2. The van der Waals surface area contributed by atoms with E-state index in [0.717, 1.165) is 53.4 Å². The number of nitrogens with zero attached hydrogens (tertiary/aromatic N) is 2. The van der Waals surface area contributed by atoms with Gasteiger partial charge in [0.15, 0.2) is 11.6 Å². The van der Waals surface area contributed by atoms with E-state index in [1.807, 2.05) is 30.5 Å². The van der Waals surface area contributed by atoms with Gasteiger partial charge in [-0.05, 0) is 85.7 Å². The molecule has 2 unspecified atom stereocenters. The van der Waals surface area contributed by atoms with Crippen LogP contribution in [0.25, 0.3) is 5.70 Å². The van der Waals surface area contributed by atoms with Gasteiger partial charge in [-0.3, -0.25) is 4.99 Å². The van der Waals surface area contributed by atoms with E-state index < -0.39 is 11.6 Å². The zero-order valence-electron chi connectivity index (χ0n) is 24.3. The van der Waals surface area contributed by atoms with Crippen LogP contribution in [0.5, 0.6) is 0 Å². The first kappa shape index (κ1) is 29.0. The first-order chi connectivity index (χ1) is 19.9. The molecule has 0 aromatic heterocycles. The maximum Gasteiger partial charge on any atom is 0.159 e. The topological polar surface area (TPSA) is 53.6 Å². The zero-order chi connectivity index (χ0) is 28.8. The Morgan fingerprint density at radius 1 is 1.00 bits per heavy atom. The molecule has 2 aliphatic rings. The average Bonchev–Trinajstić information content (AvgIpc) is 3.01. The molecule has 1 saturated carbocycles. The maximum atomic E-state index is 14.1. The lowest BCUT2D eigenvalue weighted by atomic mass is 9.78. The number of hydrogen-bond acceptors (Lipinski definition) is 4. The van der Waals surface area contributed by atoms with Gasteiger partial charge in [0, 0.05) is 41.7 Å². The summed E-state index contributed by atoms with van der Waals surface area (Å²) in [4.78, 5) is 7.40. The Hall–Kier alpha value is -3.51. The fraction of sp³-hybridized carbons (Fsp3) is 0.400. The van der Waals surface area contributed by atoms with Crippen LogP contribution in [-0.2, 0) is 6.42 Å². The first-order valence-corrected chi connectivity index (χ1v) is 15.0. The first-order valence-electron chi connectivity index (χ1n) is 15.0. The Bertz CT molecular complexity index is 1380. The second kappa shape index (κ2) is 13.4. The van der Waals surface area contributed by atoms with Gasteiger partial charge in [-0.1, -0.05) is 68.7 Å². The molecule has 0 spiro atoms. The standard InChI is InChI=1S/C35H42F2N4/c1-3-34(40-27-16-13-24(14-17-27)19-20-41(2)28-9-5-4-6-10-28)39-23-26-21-31(25-15-18-32(36)33(37)22-25)29-11-7-8-12-30(29)35(26)38/h7-8,11-18,22-23,28,31,34,40H,3-6,9-10,19-21,38H2,1-2H3. The number of benzene rings is 3. The van der Waals surface area contributed by atoms with E-state index in [9.17, 15) is 8.78 Å². The number of nitrogens with one attached hydrogen (secondary N) is 1. The van der Waals surface area contributed by atoms with Gasteiger partial charge in [0.1, 0.15) is 6.17 Å². The SMILES string of the molecule is CCC(N=CC1=C(N)c2ccccc2C(c2ccc(F)c(F)c2)C1)Nc1ccc(CCN(C)C2CCCCC2)cc1. The maximum absolute atomic E-state index is 14.1. The van der Waals surface area contributed by atoms with Crippen LogP contribution >= 0.6 is 0 Å². The Kier molecular flexibility index (Phi) is 9.50. The molecule has 5 rings (SSSR count). The summed E-state index contributed by atoms with van der Waals surface area (Å²) in [6.45, 7) is 3.19. The Morgan fingerprint density at radius 2 is 1.76 bits per heavy atom. The van der Waals surface area contributed by atoms with Crippen molar-refractivity contribution in [3.05, 3.63) is 106 Å². The van der Waals surface area contributed by atoms with Crippen molar-refractivity contribution in [2.45, 2.75) is 76.4 Å². The van der Waals surface area contributed by atoms with Crippen molar-refractivity contribution in [2.75, 3.05) is 18.9 Å². The third-order valence-electron chi connectivity index (χ3n) is 8.78. The Labute approximate surface area is 243 Å². The summed E-state index contributed by atoms with van der Waals surface area (Å²) < 4.78 is 27.8. The van der Waals surface area contributed by atoms with Crippen molar-refractivity contribution in [3.8, 4) is 0 Å². The predicted octanol–water partition coefficient (Wildman–Crippen LogP) is 7.90. The molecule has 6 heteroatoms. The molecule has 0 saturated heterocycles. The fourth-order valence-corrected chi connectivity index (χ4v) is 6.20. The number of rotatable bonds is 10. The van der Waals surface area contributed by atoms with Crippen LogP contribution in [0, 0.1) is 11.6 Å². The monoisotopic (exact) mass is 556 g/mol. The van der Waals surface area contributed by atoms with E-state index in [1.165, 1.54) is 49.8 Å². The minimum Gasteiger partial charge on any atom is -0.398 e. The number of nitrogens with two attached hydrogens (primary N) is 1. The van der Waals surface area contributed by atoms with E-state index >= 15 is 0 Å². The van der Waals surface area contributed by atoms with Crippen LogP contribution in [0.1, 0.15) is 80.0 Å². The Balaban J connectivity index is 1.25. The molecule has 0 amide bonds. The molecule has 41 heavy (non-hydrogen) atoms.